The van der Waals surface area contributed by atoms with Crippen molar-refractivity contribution in [2.24, 2.45) is 5.92 Å². The van der Waals surface area contributed by atoms with Gasteiger partial charge < -0.3 is 4.74 Å². The van der Waals surface area contributed by atoms with E-state index >= 15 is 0 Å². The Labute approximate surface area is 83.9 Å². The number of hydrogen-bond donors (Lipinski definition) is 0. The second kappa shape index (κ2) is 4.45. The molecular formula is C12H26O. The molecule has 0 radical (unpaired) electrons. The van der Waals surface area contributed by atoms with E-state index < -0.39 is 0 Å². The second-order valence-electron chi connectivity index (χ2n) is 5.02. The number of ether oxygens (including phenoxy) is 1. The third kappa shape index (κ3) is 3.68. The highest BCUT2D eigenvalue weighted by Crippen LogP contribution is 2.30. The van der Waals surface area contributed by atoms with Gasteiger partial charge in [0.2, 0.25) is 0 Å². The van der Waals surface area contributed by atoms with Crippen molar-refractivity contribution in [1.29, 1.82) is 0 Å². The summed E-state index contributed by atoms with van der Waals surface area (Å²) in [6.07, 6.45) is 2.17. The molecule has 0 unspecified atom stereocenters. The fourth-order valence-corrected chi connectivity index (χ4v) is 1.15. The summed E-state index contributed by atoms with van der Waals surface area (Å²) in [5.74, 6) is 0.560. The monoisotopic (exact) mass is 186 g/mol. The van der Waals surface area contributed by atoms with Crippen molar-refractivity contribution >= 4 is 0 Å². The van der Waals surface area contributed by atoms with Crippen LogP contribution in [0.15, 0.2) is 0 Å². The Balaban J connectivity index is 4.39. The van der Waals surface area contributed by atoms with E-state index in [1.165, 1.54) is 0 Å². The molecule has 0 amide bonds. The third-order valence-corrected chi connectivity index (χ3v) is 3.40. The van der Waals surface area contributed by atoms with E-state index in [0.29, 0.717) is 5.92 Å². The van der Waals surface area contributed by atoms with Gasteiger partial charge in [0.1, 0.15) is 0 Å². The molecule has 0 heterocycles. The van der Waals surface area contributed by atoms with Crippen LogP contribution in [0, 0.1) is 5.92 Å². The van der Waals surface area contributed by atoms with Crippen molar-refractivity contribution in [2.75, 3.05) is 0 Å². The lowest BCUT2D eigenvalue weighted by Crippen LogP contribution is -2.41. The molecule has 80 valence electrons. The lowest BCUT2D eigenvalue weighted by Gasteiger charge is -2.40. The molecule has 0 aliphatic carbocycles. The van der Waals surface area contributed by atoms with Crippen LogP contribution in [0.1, 0.15) is 61.3 Å². The lowest BCUT2D eigenvalue weighted by atomic mass is 9.91. The van der Waals surface area contributed by atoms with E-state index in [2.05, 4.69) is 48.5 Å². The predicted octanol–water partition coefficient (Wildman–Crippen LogP) is 4.02. The van der Waals surface area contributed by atoms with Crippen molar-refractivity contribution in [3.05, 3.63) is 0 Å². The maximum absolute atomic E-state index is 6.19. The largest absolute Gasteiger partial charge is 0.369 e. The molecule has 0 saturated carbocycles. The van der Waals surface area contributed by atoms with Crippen molar-refractivity contribution in [3.8, 4) is 0 Å². The Morgan fingerprint density at radius 1 is 1.00 bits per heavy atom. The van der Waals surface area contributed by atoms with E-state index in [1.54, 1.807) is 0 Å². The molecule has 0 bridgehead atoms. The van der Waals surface area contributed by atoms with Gasteiger partial charge in [-0.25, -0.2) is 0 Å². The van der Waals surface area contributed by atoms with Gasteiger partial charge in [0.25, 0.3) is 0 Å². The molecule has 0 aromatic rings. The summed E-state index contributed by atoms with van der Waals surface area (Å²) in [4.78, 5) is 0. The number of rotatable bonds is 5. The van der Waals surface area contributed by atoms with Gasteiger partial charge >= 0.3 is 0 Å². The van der Waals surface area contributed by atoms with Crippen LogP contribution in [0.4, 0.5) is 0 Å². The molecule has 0 rings (SSSR count). The molecule has 1 heteroatoms. The van der Waals surface area contributed by atoms with Gasteiger partial charge in [0.05, 0.1) is 11.2 Å². The fraction of sp³-hybridized carbons (Fsp3) is 1.00. The molecule has 0 aromatic carbocycles. The van der Waals surface area contributed by atoms with Crippen LogP contribution in [-0.2, 0) is 4.74 Å². The molecule has 0 aliphatic rings. The third-order valence-electron chi connectivity index (χ3n) is 3.40. The van der Waals surface area contributed by atoms with Crippen molar-refractivity contribution in [3.63, 3.8) is 0 Å². The van der Waals surface area contributed by atoms with Crippen LogP contribution in [0.3, 0.4) is 0 Å². The highest BCUT2D eigenvalue weighted by Gasteiger charge is 2.32. The van der Waals surface area contributed by atoms with E-state index in [1.807, 2.05) is 0 Å². The van der Waals surface area contributed by atoms with Gasteiger partial charge in [-0.05, 0) is 39.5 Å². The highest BCUT2D eigenvalue weighted by atomic mass is 16.5. The minimum absolute atomic E-state index is 0.0131. The van der Waals surface area contributed by atoms with E-state index in [4.69, 9.17) is 4.74 Å². The summed E-state index contributed by atoms with van der Waals surface area (Å²) in [5, 5.41) is 0. The quantitative estimate of drug-likeness (QED) is 0.630. The van der Waals surface area contributed by atoms with Crippen LogP contribution < -0.4 is 0 Å². The number of hydrogen-bond acceptors (Lipinski definition) is 1. The average molecular weight is 186 g/mol. The first-order valence-electron chi connectivity index (χ1n) is 5.47. The van der Waals surface area contributed by atoms with Crippen LogP contribution in [0.2, 0.25) is 0 Å². The van der Waals surface area contributed by atoms with Crippen molar-refractivity contribution < 1.29 is 4.74 Å². The lowest BCUT2D eigenvalue weighted by molar-refractivity contribution is -0.154. The SMILES string of the molecule is CCC(C)(CC)OC(C)(C)C(C)C. The maximum Gasteiger partial charge on any atom is 0.0656 e. The van der Waals surface area contributed by atoms with Crippen LogP contribution in [0.5, 0.6) is 0 Å². The van der Waals surface area contributed by atoms with E-state index in [9.17, 15) is 0 Å². The van der Waals surface area contributed by atoms with E-state index in [0.717, 1.165) is 12.8 Å². The topological polar surface area (TPSA) is 9.23 Å². The Hall–Kier alpha value is -0.0400. The maximum atomic E-state index is 6.19. The molecule has 1 nitrogen and oxygen atoms in total. The molecule has 0 aliphatic heterocycles. The first-order chi connectivity index (χ1) is 5.77. The summed E-state index contributed by atoms with van der Waals surface area (Å²) in [6, 6.07) is 0. The molecule has 0 spiro atoms. The first kappa shape index (κ1) is 13.0. The zero-order valence-electron chi connectivity index (χ0n) is 10.4. The molecule has 13 heavy (non-hydrogen) atoms. The van der Waals surface area contributed by atoms with Crippen molar-refractivity contribution in [1.82, 2.24) is 0 Å². The molecule has 0 atom stereocenters. The summed E-state index contributed by atoms with van der Waals surface area (Å²) in [5.41, 5.74) is 0.0363. The Bertz CT molecular complexity index is 140. The molecule has 0 aromatic heterocycles. The summed E-state index contributed by atoms with van der Waals surface area (Å²) < 4.78 is 6.19. The average Bonchev–Trinajstić information content (AvgIpc) is 2.03. The summed E-state index contributed by atoms with van der Waals surface area (Å²) in [7, 11) is 0. The van der Waals surface area contributed by atoms with Gasteiger partial charge in [0.15, 0.2) is 0 Å². The van der Waals surface area contributed by atoms with Crippen LogP contribution >= 0.6 is 0 Å². The molecule has 0 saturated heterocycles. The molecular weight excluding hydrogens is 160 g/mol. The fourth-order valence-electron chi connectivity index (χ4n) is 1.15. The van der Waals surface area contributed by atoms with E-state index in [-0.39, 0.29) is 11.2 Å². The normalized spacial score (nSPS) is 13.8. The Morgan fingerprint density at radius 2 is 1.38 bits per heavy atom. The zero-order valence-corrected chi connectivity index (χ0v) is 10.4. The molecule has 0 N–H and O–H groups in total. The minimum atomic E-state index is -0.0131. The molecule has 0 fully saturated rings. The predicted molar refractivity (Wildman–Crippen MR) is 59.0 cm³/mol. The smallest absolute Gasteiger partial charge is 0.0656 e. The second-order valence-corrected chi connectivity index (χ2v) is 5.02. The minimum Gasteiger partial charge on any atom is -0.369 e. The first-order valence-corrected chi connectivity index (χ1v) is 5.47. The van der Waals surface area contributed by atoms with Gasteiger partial charge in [-0.15, -0.1) is 0 Å². The van der Waals surface area contributed by atoms with Crippen molar-refractivity contribution in [2.45, 2.75) is 72.5 Å². The Morgan fingerprint density at radius 3 is 1.62 bits per heavy atom. The van der Waals surface area contributed by atoms with Gasteiger partial charge in [-0.2, -0.15) is 0 Å². The van der Waals surface area contributed by atoms with Crippen LogP contribution in [0.25, 0.3) is 0 Å². The van der Waals surface area contributed by atoms with Crippen LogP contribution in [-0.4, -0.2) is 11.2 Å². The van der Waals surface area contributed by atoms with Gasteiger partial charge in [-0.3, -0.25) is 0 Å². The summed E-state index contributed by atoms with van der Waals surface area (Å²) >= 11 is 0. The Kier molecular flexibility index (Phi) is 4.44. The highest BCUT2D eigenvalue weighted by molar-refractivity contribution is 4.80. The van der Waals surface area contributed by atoms with Gasteiger partial charge in [-0.1, -0.05) is 27.7 Å². The summed E-state index contributed by atoms with van der Waals surface area (Å²) in [6.45, 7) is 15.4. The zero-order chi connectivity index (χ0) is 10.7. The standard InChI is InChI=1S/C12H26O/c1-8-12(7,9-2)13-11(5,6)10(3)4/h10H,8-9H2,1-7H3. The van der Waals surface area contributed by atoms with Gasteiger partial charge in [0, 0.05) is 0 Å².